The fourth-order valence-electron chi connectivity index (χ4n) is 2.23. The van der Waals surface area contributed by atoms with E-state index in [-0.39, 0.29) is 22.0 Å². The van der Waals surface area contributed by atoms with Crippen LogP contribution >= 0.6 is 11.6 Å². The summed E-state index contributed by atoms with van der Waals surface area (Å²) in [4.78, 5) is 39.1. The monoisotopic (exact) mass is 377 g/mol. The molecule has 1 heterocycles. The molecule has 2 aromatic carbocycles. The first-order valence-electron chi connectivity index (χ1n) is 7.24. The van der Waals surface area contributed by atoms with Crippen molar-refractivity contribution in [3.8, 4) is 5.69 Å². The molecule has 0 saturated heterocycles. The Labute approximate surface area is 149 Å². The topological polar surface area (TPSA) is 84.0 Å². The van der Waals surface area contributed by atoms with Crippen LogP contribution in [0.5, 0.6) is 0 Å². The summed E-state index contributed by atoms with van der Waals surface area (Å²) in [6.07, 6.45) is 0.963. The second-order valence-electron chi connectivity index (χ2n) is 5.21. The fraction of sp³-hybridized carbons (Fsp3) is 0. The van der Waals surface area contributed by atoms with Gasteiger partial charge in [-0.15, -0.1) is 0 Å². The lowest BCUT2D eigenvalue weighted by molar-refractivity contribution is 0.102. The fourth-order valence-corrected chi connectivity index (χ4v) is 2.40. The highest BCUT2D eigenvalue weighted by Crippen LogP contribution is 2.17. The second kappa shape index (κ2) is 6.93. The van der Waals surface area contributed by atoms with Crippen molar-refractivity contribution in [2.75, 3.05) is 5.32 Å². The molecule has 0 bridgehead atoms. The standard InChI is InChI=1S/C17H10ClF2N3O3/c18-13-7-11(5-6-14(13)20)23-16(25)12(8-21-17(23)26)15(24)22-10-3-1-9(19)2-4-10/h1-8H,(H,21,26)(H,22,24). The molecule has 0 unspecified atom stereocenters. The summed E-state index contributed by atoms with van der Waals surface area (Å²) in [6, 6.07) is 8.18. The maximum Gasteiger partial charge on any atom is 0.333 e. The summed E-state index contributed by atoms with van der Waals surface area (Å²) in [5.41, 5.74) is -1.85. The number of anilines is 1. The molecule has 0 saturated carbocycles. The van der Waals surface area contributed by atoms with E-state index in [4.69, 9.17) is 11.6 Å². The first-order valence-corrected chi connectivity index (χ1v) is 7.61. The molecule has 0 atom stereocenters. The molecule has 2 N–H and O–H groups in total. The van der Waals surface area contributed by atoms with Crippen molar-refractivity contribution in [3.63, 3.8) is 0 Å². The van der Waals surface area contributed by atoms with Gasteiger partial charge in [0.05, 0.1) is 10.7 Å². The van der Waals surface area contributed by atoms with E-state index in [2.05, 4.69) is 10.3 Å². The number of hydrogen-bond acceptors (Lipinski definition) is 3. The molecular formula is C17H10ClF2N3O3. The Kier molecular flexibility index (Phi) is 4.68. The number of halogens is 3. The van der Waals surface area contributed by atoms with E-state index in [9.17, 15) is 23.2 Å². The molecule has 132 valence electrons. The van der Waals surface area contributed by atoms with E-state index in [1.807, 2.05) is 0 Å². The summed E-state index contributed by atoms with van der Waals surface area (Å²) >= 11 is 5.68. The maximum atomic E-state index is 13.3. The molecular weight excluding hydrogens is 368 g/mol. The quantitative estimate of drug-likeness (QED) is 0.736. The maximum absolute atomic E-state index is 13.3. The minimum Gasteiger partial charge on any atom is -0.322 e. The van der Waals surface area contributed by atoms with Gasteiger partial charge in [0.15, 0.2) is 0 Å². The van der Waals surface area contributed by atoms with Crippen LogP contribution in [0.25, 0.3) is 5.69 Å². The van der Waals surface area contributed by atoms with Gasteiger partial charge in [0.1, 0.15) is 17.2 Å². The van der Waals surface area contributed by atoms with E-state index in [0.29, 0.717) is 4.57 Å². The number of rotatable bonds is 3. The van der Waals surface area contributed by atoms with Crippen LogP contribution in [0.3, 0.4) is 0 Å². The van der Waals surface area contributed by atoms with Crippen molar-refractivity contribution in [2.45, 2.75) is 0 Å². The number of aromatic nitrogens is 2. The number of aromatic amines is 1. The SMILES string of the molecule is O=C(Nc1ccc(F)cc1)c1c[nH]c(=O)n(-c2ccc(F)c(Cl)c2)c1=O. The molecule has 0 fully saturated rings. The molecule has 3 aromatic rings. The summed E-state index contributed by atoms with van der Waals surface area (Å²) in [5, 5.41) is 2.14. The van der Waals surface area contributed by atoms with Gasteiger partial charge >= 0.3 is 5.69 Å². The molecule has 0 spiro atoms. The van der Waals surface area contributed by atoms with Crippen LogP contribution in [0.4, 0.5) is 14.5 Å². The molecule has 1 aromatic heterocycles. The Morgan fingerprint density at radius 2 is 1.77 bits per heavy atom. The van der Waals surface area contributed by atoms with Gasteiger partial charge in [-0.3, -0.25) is 9.59 Å². The first kappa shape index (κ1) is 17.6. The van der Waals surface area contributed by atoms with Crippen LogP contribution < -0.4 is 16.6 Å². The highest BCUT2D eigenvalue weighted by molar-refractivity contribution is 6.30. The molecule has 0 aliphatic rings. The average molecular weight is 378 g/mol. The highest BCUT2D eigenvalue weighted by Gasteiger charge is 2.16. The average Bonchev–Trinajstić information content (AvgIpc) is 2.60. The van der Waals surface area contributed by atoms with Crippen molar-refractivity contribution in [1.29, 1.82) is 0 Å². The van der Waals surface area contributed by atoms with E-state index in [1.54, 1.807) is 0 Å². The summed E-state index contributed by atoms with van der Waals surface area (Å²) in [5.74, 6) is -2.01. The number of carbonyl (C=O) groups is 1. The smallest absolute Gasteiger partial charge is 0.322 e. The van der Waals surface area contributed by atoms with Crippen LogP contribution in [0.15, 0.2) is 58.3 Å². The molecule has 1 amide bonds. The molecule has 0 radical (unpaired) electrons. The zero-order valence-electron chi connectivity index (χ0n) is 12.9. The highest BCUT2D eigenvalue weighted by atomic mass is 35.5. The molecule has 3 rings (SSSR count). The van der Waals surface area contributed by atoms with Gasteiger partial charge in [-0.1, -0.05) is 11.6 Å². The van der Waals surface area contributed by atoms with E-state index < -0.39 is 28.8 Å². The molecule has 26 heavy (non-hydrogen) atoms. The van der Waals surface area contributed by atoms with Gasteiger partial charge in [0, 0.05) is 11.9 Å². The normalized spacial score (nSPS) is 10.6. The third kappa shape index (κ3) is 3.40. The van der Waals surface area contributed by atoms with Gasteiger partial charge in [-0.25, -0.2) is 18.1 Å². The first-order chi connectivity index (χ1) is 12.4. The number of nitrogens with zero attached hydrogens (tertiary/aromatic N) is 1. The van der Waals surface area contributed by atoms with Crippen LogP contribution in [-0.2, 0) is 0 Å². The van der Waals surface area contributed by atoms with Gasteiger partial charge in [0.2, 0.25) is 0 Å². The van der Waals surface area contributed by atoms with Crippen LogP contribution in [-0.4, -0.2) is 15.5 Å². The Morgan fingerprint density at radius 3 is 2.42 bits per heavy atom. The summed E-state index contributed by atoms with van der Waals surface area (Å²) < 4.78 is 26.9. The number of benzene rings is 2. The van der Waals surface area contributed by atoms with Crippen LogP contribution in [0.1, 0.15) is 10.4 Å². The van der Waals surface area contributed by atoms with Crippen molar-refractivity contribution < 1.29 is 13.6 Å². The summed E-state index contributed by atoms with van der Waals surface area (Å²) in [6.45, 7) is 0. The second-order valence-corrected chi connectivity index (χ2v) is 5.61. The van der Waals surface area contributed by atoms with E-state index in [1.165, 1.54) is 18.2 Å². The molecule has 0 aliphatic heterocycles. The zero-order chi connectivity index (χ0) is 18.8. The number of H-pyrrole nitrogens is 1. The summed E-state index contributed by atoms with van der Waals surface area (Å²) in [7, 11) is 0. The van der Waals surface area contributed by atoms with Crippen molar-refractivity contribution in [3.05, 3.63) is 91.7 Å². The van der Waals surface area contributed by atoms with E-state index in [0.717, 1.165) is 30.5 Å². The van der Waals surface area contributed by atoms with Gasteiger partial charge in [-0.05, 0) is 42.5 Å². The third-order valence-electron chi connectivity index (χ3n) is 3.48. The number of carbonyl (C=O) groups excluding carboxylic acids is 1. The number of amides is 1. The minimum absolute atomic E-state index is 0.000850. The molecule has 9 heteroatoms. The van der Waals surface area contributed by atoms with Crippen LogP contribution in [0.2, 0.25) is 5.02 Å². The number of hydrogen-bond donors (Lipinski definition) is 2. The molecule has 0 aliphatic carbocycles. The lowest BCUT2D eigenvalue weighted by Crippen LogP contribution is -2.38. The molecule has 6 nitrogen and oxygen atoms in total. The number of nitrogens with one attached hydrogen (secondary N) is 2. The van der Waals surface area contributed by atoms with Crippen LogP contribution in [0, 0.1) is 11.6 Å². The largest absolute Gasteiger partial charge is 0.333 e. The third-order valence-corrected chi connectivity index (χ3v) is 3.77. The Morgan fingerprint density at radius 1 is 1.08 bits per heavy atom. The van der Waals surface area contributed by atoms with Gasteiger partial charge < -0.3 is 10.3 Å². The Hall–Kier alpha value is -3.26. The zero-order valence-corrected chi connectivity index (χ0v) is 13.7. The Bertz CT molecular complexity index is 1110. The lowest BCUT2D eigenvalue weighted by atomic mass is 10.2. The van der Waals surface area contributed by atoms with Crippen molar-refractivity contribution in [2.24, 2.45) is 0 Å². The Balaban J connectivity index is 2.03. The minimum atomic E-state index is -0.920. The van der Waals surface area contributed by atoms with Crippen molar-refractivity contribution in [1.82, 2.24) is 9.55 Å². The van der Waals surface area contributed by atoms with Crippen molar-refractivity contribution >= 4 is 23.2 Å². The predicted molar refractivity (Wildman–Crippen MR) is 92.0 cm³/mol. The van der Waals surface area contributed by atoms with Gasteiger partial charge in [-0.2, -0.15) is 0 Å². The van der Waals surface area contributed by atoms with E-state index >= 15 is 0 Å². The predicted octanol–water partition coefficient (Wildman–Crippen LogP) is 2.71. The van der Waals surface area contributed by atoms with Gasteiger partial charge in [0.25, 0.3) is 11.5 Å². The lowest BCUT2D eigenvalue weighted by Gasteiger charge is -2.08.